The average molecular weight is 505 g/mol. The summed E-state index contributed by atoms with van der Waals surface area (Å²) in [7, 11) is 1.55. The van der Waals surface area contributed by atoms with Gasteiger partial charge in [0.25, 0.3) is 5.91 Å². The fraction of sp³-hybridized carbons (Fsp3) is 0.250. The van der Waals surface area contributed by atoms with E-state index in [0.717, 1.165) is 44.8 Å². The SMILES string of the molecule is COc1cc(/C=N/NC(=S)Nc2cc(C)ccc2C)ccc1OCC(=O)Nc1c(C)cc(C)cc1C. The van der Waals surface area contributed by atoms with Gasteiger partial charge in [-0.25, -0.2) is 0 Å². The molecule has 36 heavy (non-hydrogen) atoms. The highest BCUT2D eigenvalue weighted by atomic mass is 32.1. The second kappa shape index (κ2) is 12.2. The Morgan fingerprint density at radius 1 is 0.889 bits per heavy atom. The van der Waals surface area contributed by atoms with Crippen LogP contribution < -0.4 is 25.5 Å². The van der Waals surface area contributed by atoms with Crippen LogP contribution in [0.15, 0.2) is 53.6 Å². The number of thiocarbonyl (C=S) groups is 1. The molecule has 0 bridgehead atoms. The first-order chi connectivity index (χ1) is 17.2. The molecule has 0 fully saturated rings. The maximum Gasteiger partial charge on any atom is 0.262 e. The van der Waals surface area contributed by atoms with E-state index in [0.29, 0.717) is 16.6 Å². The van der Waals surface area contributed by atoms with Crippen LogP contribution in [0.3, 0.4) is 0 Å². The van der Waals surface area contributed by atoms with Crippen molar-refractivity contribution in [1.29, 1.82) is 0 Å². The minimum atomic E-state index is -0.244. The Morgan fingerprint density at radius 2 is 1.61 bits per heavy atom. The minimum absolute atomic E-state index is 0.142. The van der Waals surface area contributed by atoms with Gasteiger partial charge >= 0.3 is 0 Å². The van der Waals surface area contributed by atoms with E-state index < -0.39 is 0 Å². The molecule has 8 heteroatoms. The number of hydrogen-bond acceptors (Lipinski definition) is 5. The predicted molar refractivity (Wildman–Crippen MR) is 151 cm³/mol. The molecule has 3 N–H and O–H groups in total. The number of benzene rings is 3. The molecule has 0 radical (unpaired) electrons. The third-order valence-corrected chi connectivity index (χ3v) is 5.70. The molecule has 3 aromatic carbocycles. The van der Waals surface area contributed by atoms with Gasteiger partial charge in [-0.2, -0.15) is 5.10 Å². The summed E-state index contributed by atoms with van der Waals surface area (Å²) < 4.78 is 11.2. The molecule has 188 valence electrons. The summed E-state index contributed by atoms with van der Waals surface area (Å²) in [5.41, 5.74) is 10.7. The first kappa shape index (κ1) is 26.7. The summed E-state index contributed by atoms with van der Waals surface area (Å²) in [5.74, 6) is 0.708. The number of nitrogens with one attached hydrogen (secondary N) is 3. The van der Waals surface area contributed by atoms with Crippen molar-refractivity contribution >= 4 is 40.8 Å². The monoisotopic (exact) mass is 504 g/mol. The number of ether oxygens (including phenoxy) is 2. The fourth-order valence-electron chi connectivity index (χ4n) is 3.77. The van der Waals surface area contributed by atoms with Gasteiger partial charge in [0.1, 0.15) is 0 Å². The molecular weight excluding hydrogens is 472 g/mol. The van der Waals surface area contributed by atoms with Gasteiger partial charge in [-0.15, -0.1) is 0 Å². The largest absolute Gasteiger partial charge is 0.493 e. The number of amides is 1. The van der Waals surface area contributed by atoms with Crippen molar-refractivity contribution in [2.24, 2.45) is 5.10 Å². The van der Waals surface area contributed by atoms with Crippen molar-refractivity contribution in [2.75, 3.05) is 24.4 Å². The molecule has 3 aromatic rings. The van der Waals surface area contributed by atoms with Crippen LogP contribution in [0.25, 0.3) is 0 Å². The number of hydrogen-bond donors (Lipinski definition) is 3. The number of aryl methyl sites for hydroxylation is 5. The summed E-state index contributed by atoms with van der Waals surface area (Å²) in [6, 6.07) is 15.5. The summed E-state index contributed by atoms with van der Waals surface area (Å²) >= 11 is 5.33. The number of methoxy groups -OCH3 is 1. The summed E-state index contributed by atoms with van der Waals surface area (Å²) in [5, 5.41) is 10.7. The van der Waals surface area contributed by atoms with Crippen LogP contribution in [-0.2, 0) is 4.79 Å². The van der Waals surface area contributed by atoms with Crippen LogP contribution in [0.2, 0.25) is 0 Å². The normalized spacial score (nSPS) is 10.7. The lowest BCUT2D eigenvalue weighted by Crippen LogP contribution is -2.24. The second-order valence-electron chi connectivity index (χ2n) is 8.66. The Hall–Kier alpha value is -3.91. The topological polar surface area (TPSA) is 84.0 Å². The molecule has 0 spiro atoms. The lowest BCUT2D eigenvalue weighted by Gasteiger charge is -2.14. The van der Waals surface area contributed by atoms with Gasteiger partial charge in [0.15, 0.2) is 23.2 Å². The predicted octanol–water partition coefficient (Wildman–Crippen LogP) is 5.58. The highest BCUT2D eigenvalue weighted by Gasteiger charge is 2.11. The van der Waals surface area contributed by atoms with Crippen molar-refractivity contribution in [2.45, 2.75) is 34.6 Å². The minimum Gasteiger partial charge on any atom is -0.493 e. The van der Waals surface area contributed by atoms with E-state index in [4.69, 9.17) is 21.7 Å². The number of anilines is 2. The maximum absolute atomic E-state index is 12.5. The number of rotatable bonds is 8. The van der Waals surface area contributed by atoms with Crippen LogP contribution in [0.4, 0.5) is 11.4 Å². The Balaban J connectivity index is 1.57. The standard InChI is InChI=1S/C28H32N4O3S/c1-17-7-8-19(3)23(13-17)30-28(36)32-29-15-22-9-10-24(25(14-22)34-6)35-16-26(33)31-27-20(4)11-18(2)12-21(27)5/h7-15H,16H2,1-6H3,(H,31,33)(H2,30,32,36)/b29-15+. The highest BCUT2D eigenvalue weighted by molar-refractivity contribution is 7.80. The Labute approximate surface area is 217 Å². The number of hydrazone groups is 1. The highest BCUT2D eigenvalue weighted by Crippen LogP contribution is 2.28. The third kappa shape index (κ3) is 7.29. The zero-order valence-electron chi connectivity index (χ0n) is 21.5. The Bertz CT molecular complexity index is 1280. The molecule has 3 rings (SSSR count). The van der Waals surface area contributed by atoms with Gasteiger partial charge in [-0.1, -0.05) is 29.8 Å². The summed E-state index contributed by atoms with van der Waals surface area (Å²) in [6.45, 7) is 9.87. The molecule has 0 saturated heterocycles. The molecule has 0 aromatic heterocycles. The molecule has 0 saturated carbocycles. The van der Waals surface area contributed by atoms with Crippen LogP contribution >= 0.6 is 12.2 Å². The lowest BCUT2D eigenvalue weighted by molar-refractivity contribution is -0.118. The molecular formula is C28H32N4O3S. The molecule has 0 aliphatic heterocycles. The van der Waals surface area contributed by atoms with Gasteiger partial charge < -0.3 is 20.1 Å². The van der Waals surface area contributed by atoms with Gasteiger partial charge in [-0.3, -0.25) is 10.2 Å². The third-order valence-electron chi connectivity index (χ3n) is 5.51. The first-order valence-corrected chi connectivity index (χ1v) is 11.9. The average Bonchev–Trinajstić information content (AvgIpc) is 2.82. The van der Waals surface area contributed by atoms with E-state index in [2.05, 4.69) is 21.2 Å². The zero-order chi connectivity index (χ0) is 26.2. The number of nitrogens with zero attached hydrogens (tertiary/aromatic N) is 1. The Morgan fingerprint density at radius 3 is 2.31 bits per heavy atom. The van der Waals surface area contributed by atoms with Crippen molar-refractivity contribution in [3.05, 3.63) is 81.9 Å². The van der Waals surface area contributed by atoms with Gasteiger partial charge in [0.05, 0.1) is 13.3 Å². The summed E-state index contributed by atoms with van der Waals surface area (Å²) in [6.07, 6.45) is 1.62. The quantitative estimate of drug-likeness (QED) is 0.211. The molecule has 7 nitrogen and oxygen atoms in total. The van der Waals surface area contributed by atoms with E-state index >= 15 is 0 Å². The van der Waals surface area contributed by atoms with Gasteiger partial charge in [-0.05, 0) is 98.9 Å². The van der Waals surface area contributed by atoms with E-state index in [1.807, 2.05) is 71.0 Å². The summed E-state index contributed by atoms with van der Waals surface area (Å²) in [4.78, 5) is 12.5. The number of carbonyl (C=O) groups is 1. The maximum atomic E-state index is 12.5. The van der Waals surface area contributed by atoms with Crippen molar-refractivity contribution in [3.63, 3.8) is 0 Å². The van der Waals surface area contributed by atoms with Crippen LogP contribution in [0.5, 0.6) is 11.5 Å². The zero-order valence-corrected chi connectivity index (χ0v) is 22.3. The second-order valence-corrected chi connectivity index (χ2v) is 9.07. The van der Waals surface area contributed by atoms with Crippen molar-refractivity contribution < 1.29 is 14.3 Å². The molecule has 0 aliphatic rings. The molecule has 0 unspecified atom stereocenters. The van der Waals surface area contributed by atoms with E-state index in [-0.39, 0.29) is 12.5 Å². The van der Waals surface area contributed by atoms with E-state index in [1.165, 1.54) is 0 Å². The van der Waals surface area contributed by atoms with Crippen molar-refractivity contribution in [3.8, 4) is 11.5 Å². The van der Waals surface area contributed by atoms with E-state index in [9.17, 15) is 4.79 Å². The lowest BCUT2D eigenvalue weighted by atomic mass is 10.1. The molecule has 0 aliphatic carbocycles. The molecule has 1 amide bonds. The fourth-order valence-corrected chi connectivity index (χ4v) is 3.93. The molecule has 0 heterocycles. The van der Waals surface area contributed by atoms with Crippen LogP contribution in [0, 0.1) is 34.6 Å². The smallest absolute Gasteiger partial charge is 0.262 e. The van der Waals surface area contributed by atoms with Crippen LogP contribution in [-0.4, -0.2) is 31.0 Å². The van der Waals surface area contributed by atoms with Crippen molar-refractivity contribution in [1.82, 2.24) is 5.43 Å². The Kier molecular flexibility index (Phi) is 9.02. The van der Waals surface area contributed by atoms with Gasteiger partial charge in [0.2, 0.25) is 0 Å². The first-order valence-electron chi connectivity index (χ1n) is 11.5. The van der Waals surface area contributed by atoms with E-state index in [1.54, 1.807) is 25.5 Å². The van der Waals surface area contributed by atoms with Crippen LogP contribution in [0.1, 0.15) is 33.4 Å². The number of carbonyl (C=O) groups excluding carboxylic acids is 1. The molecule has 0 atom stereocenters. The van der Waals surface area contributed by atoms with Gasteiger partial charge in [0, 0.05) is 11.4 Å².